The number of hydrogen-bond donors (Lipinski definition) is 2. The Morgan fingerprint density at radius 2 is 2.44 bits per heavy atom. The van der Waals surface area contributed by atoms with Crippen molar-refractivity contribution in [3.8, 4) is 0 Å². The molecular weight excluding hydrogens is 252 g/mol. The van der Waals surface area contributed by atoms with Crippen molar-refractivity contribution in [2.75, 3.05) is 6.54 Å². The molecule has 0 saturated heterocycles. The lowest BCUT2D eigenvalue weighted by molar-refractivity contribution is 0.0945. The molecule has 0 unspecified atom stereocenters. The molecule has 2 heterocycles. The normalized spacial score (nSPS) is 10.6. The van der Waals surface area contributed by atoms with E-state index in [1.807, 2.05) is 0 Å². The molecule has 18 heavy (non-hydrogen) atoms. The minimum absolute atomic E-state index is 0.220. The Morgan fingerprint density at radius 3 is 3.11 bits per heavy atom. The van der Waals surface area contributed by atoms with E-state index in [0.717, 1.165) is 5.01 Å². The topological polar surface area (TPSA) is 98.7 Å². The van der Waals surface area contributed by atoms with Gasteiger partial charge in [0.25, 0.3) is 5.91 Å². The lowest BCUT2D eigenvalue weighted by atomic mass is 10.4. The summed E-state index contributed by atoms with van der Waals surface area (Å²) in [6.07, 6.45) is 2.28. The molecule has 0 aliphatic carbocycles. The number of thiazole rings is 1. The summed E-state index contributed by atoms with van der Waals surface area (Å²) in [7, 11) is 1.78. The number of carbonyl (C=O) groups is 1. The van der Waals surface area contributed by atoms with Crippen molar-refractivity contribution in [3.05, 3.63) is 28.2 Å². The maximum Gasteiger partial charge on any atom is 0.271 e. The maximum atomic E-state index is 11.8. The van der Waals surface area contributed by atoms with E-state index in [0.29, 0.717) is 31.0 Å². The molecule has 96 valence electrons. The van der Waals surface area contributed by atoms with Crippen LogP contribution in [0.15, 0.2) is 11.7 Å². The van der Waals surface area contributed by atoms with Gasteiger partial charge in [0.1, 0.15) is 12.0 Å². The third kappa shape index (κ3) is 3.11. The van der Waals surface area contributed by atoms with Crippen molar-refractivity contribution in [3.63, 3.8) is 0 Å². The van der Waals surface area contributed by atoms with E-state index in [-0.39, 0.29) is 5.91 Å². The van der Waals surface area contributed by atoms with Gasteiger partial charge in [-0.15, -0.1) is 11.3 Å². The van der Waals surface area contributed by atoms with Crippen LogP contribution in [-0.4, -0.2) is 32.2 Å². The first-order chi connectivity index (χ1) is 8.69. The zero-order chi connectivity index (χ0) is 13.0. The van der Waals surface area contributed by atoms with E-state index >= 15 is 0 Å². The molecule has 0 saturated carbocycles. The monoisotopic (exact) mass is 266 g/mol. The highest BCUT2D eigenvalue weighted by Gasteiger charge is 2.10. The number of amides is 1. The van der Waals surface area contributed by atoms with Crippen LogP contribution in [0.3, 0.4) is 0 Å². The molecule has 1 amide bonds. The minimum atomic E-state index is -0.220. The first-order valence-electron chi connectivity index (χ1n) is 5.46. The smallest absolute Gasteiger partial charge is 0.271 e. The van der Waals surface area contributed by atoms with Crippen LogP contribution in [0, 0.1) is 0 Å². The van der Waals surface area contributed by atoms with Crippen LogP contribution in [-0.2, 0) is 20.0 Å². The van der Waals surface area contributed by atoms with Gasteiger partial charge >= 0.3 is 0 Å². The first kappa shape index (κ1) is 12.7. The van der Waals surface area contributed by atoms with E-state index in [1.54, 1.807) is 23.4 Å². The van der Waals surface area contributed by atoms with Gasteiger partial charge in [0, 0.05) is 18.8 Å². The number of carbonyl (C=O) groups excluding carboxylic acids is 1. The van der Waals surface area contributed by atoms with Crippen molar-refractivity contribution in [1.82, 2.24) is 25.1 Å². The molecule has 0 radical (unpaired) electrons. The number of nitrogens with one attached hydrogen (secondary N) is 1. The van der Waals surface area contributed by atoms with Gasteiger partial charge in [0.05, 0.1) is 11.6 Å². The SMILES string of the molecule is Cn1cnc(CNC(=O)c2csc(CCN)n2)n1. The van der Waals surface area contributed by atoms with Crippen LogP contribution in [0.2, 0.25) is 0 Å². The molecular formula is C10H14N6OS. The van der Waals surface area contributed by atoms with Gasteiger partial charge in [-0.1, -0.05) is 0 Å². The summed E-state index contributed by atoms with van der Waals surface area (Å²) in [6, 6.07) is 0. The number of aryl methyl sites for hydroxylation is 1. The van der Waals surface area contributed by atoms with Crippen molar-refractivity contribution < 1.29 is 4.79 Å². The highest BCUT2D eigenvalue weighted by molar-refractivity contribution is 7.09. The van der Waals surface area contributed by atoms with E-state index in [4.69, 9.17) is 5.73 Å². The molecule has 2 aromatic heterocycles. The summed E-state index contributed by atoms with van der Waals surface area (Å²) < 4.78 is 1.59. The van der Waals surface area contributed by atoms with Crippen molar-refractivity contribution >= 4 is 17.2 Å². The Bertz CT molecular complexity index is 534. The van der Waals surface area contributed by atoms with Gasteiger partial charge in [-0.2, -0.15) is 5.10 Å². The predicted octanol–water partition coefficient (Wildman–Crippen LogP) is -0.297. The number of nitrogens with zero attached hydrogens (tertiary/aromatic N) is 4. The van der Waals surface area contributed by atoms with Crippen LogP contribution in [0.5, 0.6) is 0 Å². The number of hydrogen-bond acceptors (Lipinski definition) is 6. The van der Waals surface area contributed by atoms with Crippen molar-refractivity contribution in [2.45, 2.75) is 13.0 Å². The maximum absolute atomic E-state index is 11.8. The fraction of sp³-hybridized carbons (Fsp3) is 0.400. The Kier molecular flexibility index (Phi) is 4.00. The summed E-state index contributed by atoms with van der Waals surface area (Å²) in [5.41, 5.74) is 5.85. The Hall–Kier alpha value is -1.80. The highest BCUT2D eigenvalue weighted by atomic mass is 32.1. The summed E-state index contributed by atoms with van der Waals surface area (Å²) in [5, 5.41) is 9.39. The molecule has 2 aromatic rings. The average Bonchev–Trinajstić information content (AvgIpc) is 2.96. The molecule has 3 N–H and O–H groups in total. The Morgan fingerprint density at radius 1 is 1.61 bits per heavy atom. The summed E-state index contributed by atoms with van der Waals surface area (Å²) in [5.74, 6) is 0.352. The predicted molar refractivity (Wildman–Crippen MR) is 67.0 cm³/mol. The minimum Gasteiger partial charge on any atom is -0.343 e. The second-order valence-corrected chi connectivity index (χ2v) is 4.62. The van der Waals surface area contributed by atoms with Crippen LogP contribution in [0.4, 0.5) is 0 Å². The van der Waals surface area contributed by atoms with Crippen molar-refractivity contribution in [2.24, 2.45) is 12.8 Å². The largest absolute Gasteiger partial charge is 0.343 e. The second-order valence-electron chi connectivity index (χ2n) is 3.68. The fourth-order valence-electron chi connectivity index (χ4n) is 1.37. The number of nitrogens with two attached hydrogens (primary N) is 1. The standard InChI is InChI=1S/C10H14N6OS/c1-16-6-13-8(15-16)4-12-10(17)7-5-18-9(14-7)2-3-11/h5-6H,2-4,11H2,1H3,(H,12,17). The van der Waals surface area contributed by atoms with E-state index in [2.05, 4.69) is 20.4 Å². The zero-order valence-corrected chi connectivity index (χ0v) is 10.8. The van der Waals surface area contributed by atoms with Crippen LogP contribution in [0.25, 0.3) is 0 Å². The number of rotatable bonds is 5. The summed E-state index contributed by atoms with van der Waals surface area (Å²) in [6.45, 7) is 0.829. The van der Waals surface area contributed by atoms with Gasteiger partial charge in [-0.3, -0.25) is 9.48 Å². The molecule has 0 aliphatic heterocycles. The van der Waals surface area contributed by atoms with E-state index in [1.165, 1.54) is 11.3 Å². The third-order valence-electron chi connectivity index (χ3n) is 2.20. The van der Waals surface area contributed by atoms with E-state index in [9.17, 15) is 4.79 Å². The zero-order valence-electron chi connectivity index (χ0n) is 9.96. The summed E-state index contributed by atoms with van der Waals surface area (Å²) in [4.78, 5) is 20.0. The Labute approximate surface area is 108 Å². The molecule has 0 atom stereocenters. The van der Waals surface area contributed by atoms with Gasteiger partial charge < -0.3 is 11.1 Å². The molecule has 7 nitrogen and oxygen atoms in total. The molecule has 0 spiro atoms. The quantitative estimate of drug-likeness (QED) is 0.774. The lowest BCUT2D eigenvalue weighted by Crippen LogP contribution is -2.24. The molecule has 0 fully saturated rings. The van der Waals surface area contributed by atoms with Gasteiger partial charge in [0.15, 0.2) is 5.82 Å². The van der Waals surface area contributed by atoms with Gasteiger partial charge in [0.2, 0.25) is 0 Å². The molecule has 2 rings (SSSR count). The van der Waals surface area contributed by atoms with Crippen LogP contribution >= 0.6 is 11.3 Å². The fourth-order valence-corrected chi connectivity index (χ4v) is 2.16. The Balaban J connectivity index is 1.90. The highest BCUT2D eigenvalue weighted by Crippen LogP contribution is 2.09. The molecule has 8 heteroatoms. The van der Waals surface area contributed by atoms with Crippen LogP contribution < -0.4 is 11.1 Å². The summed E-state index contributed by atoms with van der Waals surface area (Å²) >= 11 is 1.44. The second kappa shape index (κ2) is 5.69. The van der Waals surface area contributed by atoms with E-state index < -0.39 is 0 Å². The van der Waals surface area contributed by atoms with Gasteiger partial charge in [-0.25, -0.2) is 9.97 Å². The average molecular weight is 266 g/mol. The molecule has 0 aliphatic rings. The molecule has 0 bridgehead atoms. The van der Waals surface area contributed by atoms with Crippen molar-refractivity contribution in [1.29, 1.82) is 0 Å². The number of aromatic nitrogens is 4. The third-order valence-corrected chi connectivity index (χ3v) is 3.11. The van der Waals surface area contributed by atoms with Gasteiger partial charge in [-0.05, 0) is 6.54 Å². The van der Waals surface area contributed by atoms with Crippen LogP contribution in [0.1, 0.15) is 21.3 Å². The molecule has 0 aromatic carbocycles. The lowest BCUT2D eigenvalue weighted by Gasteiger charge is -1.98. The first-order valence-corrected chi connectivity index (χ1v) is 6.34.